The molecule has 26 heavy (non-hydrogen) atoms. The summed E-state index contributed by atoms with van der Waals surface area (Å²) in [5, 5.41) is 12.8. The Balaban J connectivity index is 1.48. The number of hydrogen-bond acceptors (Lipinski definition) is 4. The van der Waals surface area contributed by atoms with Crippen LogP contribution in [0.3, 0.4) is 0 Å². The first-order chi connectivity index (χ1) is 12.5. The molecule has 1 atom stereocenters. The predicted molar refractivity (Wildman–Crippen MR) is 97.9 cm³/mol. The number of hydrogen-bond donors (Lipinski definition) is 3. The number of para-hydroxylation sites is 1. The number of carbonyl (C=O) groups excluding carboxylic acids is 2. The van der Waals surface area contributed by atoms with Crippen LogP contribution in [0.4, 0.5) is 0 Å². The fraction of sp³-hybridized carbons (Fsp3) is 0.389. The molecule has 0 bridgehead atoms. The molecule has 2 heterocycles. The lowest BCUT2D eigenvalue weighted by molar-refractivity contribution is -0.143. The van der Waals surface area contributed by atoms with Gasteiger partial charge in [-0.05, 0) is 18.9 Å². The molecule has 1 aromatic heterocycles. The Kier molecular flexibility index (Phi) is 4.14. The van der Waals surface area contributed by atoms with E-state index in [1.54, 1.807) is 11.1 Å². The van der Waals surface area contributed by atoms with E-state index in [0.717, 1.165) is 10.9 Å². The lowest BCUT2D eigenvalue weighted by Crippen LogP contribution is -2.49. The fourth-order valence-electron chi connectivity index (χ4n) is 3.25. The van der Waals surface area contributed by atoms with Crippen LogP contribution >= 0.6 is 11.8 Å². The van der Waals surface area contributed by atoms with Crippen LogP contribution in [0.1, 0.15) is 23.2 Å². The summed E-state index contributed by atoms with van der Waals surface area (Å²) in [5.74, 6) is -0.381. The molecule has 1 aromatic carbocycles. The molecule has 2 aliphatic rings. The molecule has 136 valence electrons. The molecule has 3 N–H and O–H groups in total. The molecule has 2 aromatic rings. The van der Waals surface area contributed by atoms with Crippen molar-refractivity contribution in [3.05, 3.63) is 36.0 Å². The van der Waals surface area contributed by atoms with Crippen molar-refractivity contribution in [1.82, 2.24) is 15.2 Å². The van der Waals surface area contributed by atoms with E-state index >= 15 is 0 Å². The Morgan fingerprint density at radius 2 is 2.08 bits per heavy atom. The zero-order valence-electron chi connectivity index (χ0n) is 14.0. The summed E-state index contributed by atoms with van der Waals surface area (Å²) in [6.45, 7) is 0.122. The molecule has 2 fully saturated rings. The Morgan fingerprint density at radius 3 is 2.81 bits per heavy atom. The number of nitrogens with one attached hydrogen (secondary N) is 2. The predicted octanol–water partition coefficient (Wildman–Crippen LogP) is 1.66. The minimum atomic E-state index is -0.870. The molecule has 1 aliphatic carbocycles. The molecule has 1 unspecified atom stereocenters. The van der Waals surface area contributed by atoms with E-state index in [4.69, 9.17) is 0 Å². The molecular weight excluding hydrogens is 354 g/mol. The number of rotatable bonds is 5. The monoisotopic (exact) mass is 373 g/mol. The zero-order valence-corrected chi connectivity index (χ0v) is 14.8. The Bertz CT molecular complexity index is 889. The number of carboxylic acids is 1. The highest BCUT2D eigenvalue weighted by atomic mass is 32.2. The highest BCUT2D eigenvalue weighted by Gasteiger charge is 2.50. The average molecular weight is 373 g/mol. The van der Waals surface area contributed by atoms with Gasteiger partial charge in [0.2, 0.25) is 5.91 Å². The number of benzene rings is 1. The van der Waals surface area contributed by atoms with Gasteiger partial charge in [-0.2, -0.15) is 0 Å². The number of thioether (sulfide) groups is 1. The first-order valence-corrected chi connectivity index (χ1v) is 9.63. The van der Waals surface area contributed by atoms with Gasteiger partial charge in [0.05, 0.1) is 16.9 Å². The zero-order chi connectivity index (χ0) is 18.3. The fourth-order valence-corrected chi connectivity index (χ4v) is 4.41. The molecule has 4 rings (SSSR count). The highest BCUT2D eigenvalue weighted by molar-refractivity contribution is 7.99. The van der Waals surface area contributed by atoms with Gasteiger partial charge in [-0.1, -0.05) is 18.2 Å². The van der Waals surface area contributed by atoms with E-state index in [9.17, 15) is 19.5 Å². The van der Waals surface area contributed by atoms with E-state index in [1.807, 2.05) is 24.3 Å². The van der Waals surface area contributed by atoms with E-state index in [0.29, 0.717) is 30.0 Å². The standard InChI is InChI=1S/C18H19N3O4S/c22-15(20-9-18(5-6-18)17(24)25)14-8-26-10-21(14)16(23)12-7-19-13-4-2-1-3-11(12)13/h1-4,7,14,19H,5-6,8-10H2,(H,20,22)(H,24,25). The number of nitrogens with zero attached hydrogens (tertiary/aromatic N) is 1. The minimum absolute atomic E-state index is 0.122. The van der Waals surface area contributed by atoms with Gasteiger partial charge in [0.15, 0.2) is 0 Å². The van der Waals surface area contributed by atoms with Crippen LogP contribution in [0.15, 0.2) is 30.5 Å². The average Bonchev–Trinajstić information content (AvgIpc) is 3.09. The lowest BCUT2D eigenvalue weighted by atomic mass is 10.1. The maximum Gasteiger partial charge on any atom is 0.311 e. The molecule has 1 aliphatic heterocycles. The summed E-state index contributed by atoms with van der Waals surface area (Å²) in [5.41, 5.74) is 0.610. The topological polar surface area (TPSA) is 102 Å². The van der Waals surface area contributed by atoms with Crippen LogP contribution in [0.25, 0.3) is 10.9 Å². The van der Waals surface area contributed by atoms with Crippen LogP contribution in [-0.2, 0) is 9.59 Å². The van der Waals surface area contributed by atoms with E-state index in [1.165, 1.54) is 11.8 Å². The Labute approximate surface area is 154 Å². The summed E-state index contributed by atoms with van der Waals surface area (Å²) in [6, 6.07) is 6.96. The van der Waals surface area contributed by atoms with Gasteiger partial charge >= 0.3 is 5.97 Å². The normalized spacial score (nSPS) is 20.9. The van der Waals surface area contributed by atoms with E-state index < -0.39 is 17.4 Å². The van der Waals surface area contributed by atoms with Crippen molar-refractivity contribution in [2.24, 2.45) is 5.41 Å². The summed E-state index contributed by atoms with van der Waals surface area (Å²) < 4.78 is 0. The van der Waals surface area contributed by atoms with Gasteiger partial charge in [-0.3, -0.25) is 14.4 Å². The second kappa shape index (κ2) is 6.35. The first-order valence-electron chi connectivity index (χ1n) is 8.48. The van der Waals surface area contributed by atoms with Crippen molar-refractivity contribution >= 4 is 40.4 Å². The van der Waals surface area contributed by atoms with Gasteiger partial charge in [0.1, 0.15) is 6.04 Å². The molecule has 1 saturated carbocycles. The molecule has 7 nitrogen and oxygen atoms in total. The number of H-pyrrole nitrogens is 1. The molecule has 0 spiro atoms. The minimum Gasteiger partial charge on any atom is -0.481 e. The smallest absolute Gasteiger partial charge is 0.311 e. The first kappa shape index (κ1) is 17.0. The van der Waals surface area contributed by atoms with Gasteiger partial charge < -0.3 is 20.3 Å². The van der Waals surface area contributed by atoms with Crippen molar-refractivity contribution in [3.8, 4) is 0 Å². The van der Waals surface area contributed by atoms with Crippen LogP contribution < -0.4 is 5.32 Å². The van der Waals surface area contributed by atoms with E-state index in [2.05, 4.69) is 10.3 Å². The molecular formula is C18H19N3O4S. The van der Waals surface area contributed by atoms with Crippen molar-refractivity contribution in [1.29, 1.82) is 0 Å². The number of amides is 2. The third kappa shape index (κ3) is 2.84. The van der Waals surface area contributed by atoms with Crippen molar-refractivity contribution in [2.75, 3.05) is 18.2 Å². The van der Waals surface area contributed by atoms with Crippen molar-refractivity contribution < 1.29 is 19.5 Å². The van der Waals surface area contributed by atoms with Gasteiger partial charge in [0, 0.05) is 29.4 Å². The molecule has 8 heteroatoms. The summed E-state index contributed by atoms with van der Waals surface area (Å²) in [6.07, 6.45) is 2.84. The van der Waals surface area contributed by atoms with Crippen LogP contribution in [-0.4, -0.2) is 57.0 Å². The van der Waals surface area contributed by atoms with Gasteiger partial charge in [-0.15, -0.1) is 11.8 Å². The number of carbonyl (C=O) groups is 3. The van der Waals surface area contributed by atoms with Crippen LogP contribution in [0.2, 0.25) is 0 Å². The third-order valence-corrected chi connectivity index (χ3v) is 6.19. The van der Waals surface area contributed by atoms with Crippen LogP contribution in [0, 0.1) is 5.41 Å². The second-order valence-electron chi connectivity index (χ2n) is 6.84. The summed E-state index contributed by atoms with van der Waals surface area (Å²) >= 11 is 1.52. The Morgan fingerprint density at radius 1 is 1.31 bits per heavy atom. The second-order valence-corrected chi connectivity index (χ2v) is 7.84. The largest absolute Gasteiger partial charge is 0.481 e. The van der Waals surface area contributed by atoms with Crippen molar-refractivity contribution in [2.45, 2.75) is 18.9 Å². The molecule has 2 amide bonds. The highest BCUT2D eigenvalue weighted by Crippen LogP contribution is 2.45. The number of carboxylic acid groups (broad SMARTS) is 1. The van der Waals surface area contributed by atoms with E-state index in [-0.39, 0.29) is 18.4 Å². The van der Waals surface area contributed by atoms with Crippen molar-refractivity contribution in [3.63, 3.8) is 0 Å². The number of aromatic nitrogens is 1. The number of aliphatic carboxylic acids is 1. The number of aromatic amines is 1. The number of fused-ring (bicyclic) bond motifs is 1. The quantitative estimate of drug-likeness (QED) is 0.740. The molecule has 0 radical (unpaired) electrons. The SMILES string of the molecule is O=C(NCC1(C(=O)O)CC1)C1CSCN1C(=O)c1c[nH]c2ccccc12. The molecule has 1 saturated heterocycles. The summed E-state index contributed by atoms with van der Waals surface area (Å²) in [4.78, 5) is 41.4. The third-order valence-electron chi connectivity index (χ3n) is 5.17. The maximum absolute atomic E-state index is 13.0. The lowest BCUT2D eigenvalue weighted by Gasteiger charge is -2.23. The summed E-state index contributed by atoms with van der Waals surface area (Å²) in [7, 11) is 0. The van der Waals surface area contributed by atoms with Crippen LogP contribution in [0.5, 0.6) is 0 Å². The Hall–Kier alpha value is -2.48. The maximum atomic E-state index is 13.0. The van der Waals surface area contributed by atoms with Gasteiger partial charge in [-0.25, -0.2) is 0 Å². The van der Waals surface area contributed by atoms with Gasteiger partial charge in [0.25, 0.3) is 5.91 Å².